The summed E-state index contributed by atoms with van der Waals surface area (Å²) >= 11 is 0. The van der Waals surface area contributed by atoms with Crippen LogP contribution in [-0.4, -0.2) is 36.9 Å². The third kappa shape index (κ3) is 5.24. The highest BCUT2D eigenvalue weighted by Crippen LogP contribution is 2.26. The van der Waals surface area contributed by atoms with Crippen LogP contribution in [0.2, 0.25) is 0 Å². The molecule has 0 unspecified atom stereocenters. The molecule has 1 fully saturated rings. The molecule has 1 heterocycles. The van der Waals surface area contributed by atoms with Crippen LogP contribution in [0.25, 0.3) is 0 Å². The molecule has 3 aromatic rings. The second kappa shape index (κ2) is 9.84. The Morgan fingerprint density at radius 2 is 1.47 bits per heavy atom. The van der Waals surface area contributed by atoms with E-state index >= 15 is 0 Å². The van der Waals surface area contributed by atoms with Gasteiger partial charge < -0.3 is 4.74 Å². The molecule has 0 spiro atoms. The predicted molar refractivity (Wildman–Crippen MR) is 124 cm³/mol. The summed E-state index contributed by atoms with van der Waals surface area (Å²) in [5.74, 6) is 1.44. The van der Waals surface area contributed by atoms with Gasteiger partial charge in [-0.25, -0.2) is 4.99 Å². The van der Waals surface area contributed by atoms with Crippen LogP contribution in [0.3, 0.4) is 0 Å². The van der Waals surface area contributed by atoms with Crippen LogP contribution in [0, 0.1) is 5.92 Å². The summed E-state index contributed by atoms with van der Waals surface area (Å²) in [6.07, 6.45) is 0.124. The van der Waals surface area contributed by atoms with Gasteiger partial charge in [-0.1, -0.05) is 86.6 Å². The maximum atomic E-state index is 6.05. The zero-order valence-corrected chi connectivity index (χ0v) is 17.8. The largest absolute Gasteiger partial charge is 0.371 e. The van der Waals surface area contributed by atoms with Crippen molar-refractivity contribution >= 4 is 11.4 Å². The highest BCUT2D eigenvalue weighted by atomic mass is 16.5. The van der Waals surface area contributed by atoms with E-state index in [0.717, 1.165) is 48.8 Å². The second-order valence-corrected chi connectivity index (χ2v) is 8.09. The van der Waals surface area contributed by atoms with Gasteiger partial charge in [-0.2, -0.15) is 0 Å². The van der Waals surface area contributed by atoms with Crippen LogP contribution in [0.15, 0.2) is 89.9 Å². The highest BCUT2D eigenvalue weighted by molar-refractivity contribution is 6.13. The summed E-state index contributed by atoms with van der Waals surface area (Å²) in [5.41, 5.74) is 5.38. The Balaban J connectivity index is 1.57. The van der Waals surface area contributed by atoms with Crippen LogP contribution in [-0.2, 0) is 4.74 Å². The first-order chi connectivity index (χ1) is 14.7. The van der Waals surface area contributed by atoms with Crippen LogP contribution in [0.5, 0.6) is 0 Å². The molecule has 3 nitrogen and oxygen atoms in total. The van der Waals surface area contributed by atoms with E-state index in [1.54, 1.807) is 0 Å². The van der Waals surface area contributed by atoms with Gasteiger partial charge in [-0.05, 0) is 23.6 Å². The summed E-state index contributed by atoms with van der Waals surface area (Å²) in [6, 6.07) is 29.2. The zero-order chi connectivity index (χ0) is 20.8. The molecule has 0 bridgehead atoms. The Hall–Kier alpha value is -2.75. The maximum absolute atomic E-state index is 6.05. The fraction of sp³-hybridized carbons (Fsp3) is 0.259. The molecule has 1 radical (unpaired) electrons. The van der Waals surface area contributed by atoms with Gasteiger partial charge in [-0.15, -0.1) is 0 Å². The first-order valence-corrected chi connectivity index (χ1v) is 10.6. The fourth-order valence-electron chi connectivity index (χ4n) is 3.88. The van der Waals surface area contributed by atoms with Gasteiger partial charge in [0, 0.05) is 30.8 Å². The van der Waals surface area contributed by atoms with Gasteiger partial charge in [0.05, 0.1) is 24.1 Å². The van der Waals surface area contributed by atoms with Crippen molar-refractivity contribution in [3.63, 3.8) is 0 Å². The molecule has 4 rings (SSSR count). The Bertz CT molecular complexity index is 908. The lowest BCUT2D eigenvalue weighted by atomic mass is 10.0. The number of morpholine rings is 1. The van der Waals surface area contributed by atoms with Crippen molar-refractivity contribution in [1.29, 1.82) is 0 Å². The standard InChI is InChI=1S/C27H29N2O/c1-21(2)19-29-17-18-30-26(20-29)22-13-15-25(16-14-22)28-27(23-9-5-3-6-10-23)24-11-7-4-8-12-24/h3-16,26H,17-20H2,1-2H3/t26-/m1/s1. The van der Waals surface area contributed by atoms with Crippen molar-refractivity contribution < 1.29 is 4.74 Å². The van der Waals surface area contributed by atoms with Crippen LogP contribution in [0.4, 0.5) is 5.69 Å². The monoisotopic (exact) mass is 397 g/mol. The molecular weight excluding hydrogens is 368 g/mol. The minimum Gasteiger partial charge on any atom is -0.371 e. The molecule has 1 aliphatic rings. The van der Waals surface area contributed by atoms with Gasteiger partial charge in [-0.3, -0.25) is 4.90 Å². The molecular formula is C27H29N2O. The molecule has 1 atom stereocenters. The van der Waals surface area contributed by atoms with E-state index in [2.05, 4.69) is 91.5 Å². The molecule has 0 amide bonds. The molecule has 3 heteroatoms. The smallest absolute Gasteiger partial charge is 0.0952 e. The van der Waals surface area contributed by atoms with Gasteiger partial charge in [0.1, 0.15) is 0 Å². The Morgan fingerprint density at radius 1 is 0.867 bits per heavy atom. The lowest BCUT2D eigenvalue weighted by Crippen LogP contribution is -2.39. The second-order valence-electron chi connectivity index (χ2n) is 8.09. The molecule has 153 valence electrons. The molecule has 0 N–H and O–H groups in total. The quantitative estimate of drug-likeness (QED) is 0.488. The average Bonchev–Trinajstić information content (AvgIpc) is 2.79. The van der Waals surface area contributed by atoms with Crippen molar-refractivity contribution in [3.05, 3.63) is 108 Å². The summed E-state index contributed by atoms with van der Waals surface area (Å²) in [4.78, 5) is 7.47. The van der Waals surface area contributed by atoms with Gasteiger partial charge in [0.25, 0.3) is 0 Å². The number of nitrogens with zero attached hydrogens (tertiary/aromatic N) is 2. The van der Waals surface area contributed by atoms with Crippen molar-refractivity contribution in [1.82, 2.24) is 4.90 Å². The number of rotatable bonds is 6. The molecule has 0 aromatic heterocycles. The highest BCUT2D eigenvalue weighted by Gasteiger charge is 2.22. The molecule has 0 aliphatic carbocycles. The van der Waals surface area contributed by atoms with E-state index in [4.69, 9.17) is 9.73 Å². The SMILES string of the molecule is C[C](C)CN1CCO[C@@H](c2ccc(N=C(c3ccccc3)c3ccccc3)cc2)C1. The Labute approximate surface area is 180 Å². The molecule has 30 heavy (non-hydrogen) atoms. The number of hydrogen-bond acceptors (Lipinski definition) is 3. The summed E-state index contributed by atoms with van der Waals surface area (Å²) in [6.45, 7) is 8.14. The summed E-state index contributed by atoms with van der Waals surface area (Å²) in [5, 5.41) is 0. The van der Waals surface area contributed by atoms with Gasteiger partial charge in [0.2, 0.25) is 0 Å². The number of benzene rings is 3. The number of hydrogen-bond donors (Lipinski definition) is 0. The van der Waals surface area contributed by atoms with Crippen LogP contribution < -0.4 is 0 Å². The molecule has 3 aromatic carbocycles. The summed E-state index contributed by atoms with van der Waals surface area (Å²) < 4.78 is 6.05. The van der Waals surface area contributed by atoms with E-state index in [9.17, 15) is 0 Å². The first kappa shape index (κ1) is 20.5. The molecule has 0 saturated carbocycles. The van der Waals surface area contributed by atoms with Crippen molar-refractivity contribution in [3.8, 4) is 0 Å². The van der Waals surface area contributed by atoms with Crippen molar-refractivity contribution in [2.45, 2.75) is 20.0 Å². The van der Waals surface area contributed by atoms with E-state index in [-0.39, 0.29) is 6.10 Å². The topological polar surface area (TPSA) is 24.8 Å². The third-order valence-corrected chi connectivity index (χ3v) is 5.29. The van der Waals surface area contributed by atoms with E-state index in [1.165, 1.54) is 11.5 Å². The Kier molecular flexibility index (Phi) is 6.73. The number of ether oxygens (including phenoxy) is 1. The lowest BCUT2D eigenvalue weighted by molar-refractivity contribution is -0.0283. The molecule has 1 saturated heterocycles. The van der Waals surface area contributed by atoms with Crippen LogP contribution >= 0.6 is 0 Å². The number of aliphatic imine (C=N–C) groups is 1. The van der Waals surface area contributed by atoms with Crippen molar-refractivity contribution in [2.75, 3.05) is 26.2 Å². The zero-order valence-electron chi connectivity index (χ0n) is 17.8. The minimum atomic E-state index is 0.124. The third-order valence-electron chi connectivity index (χ3n) is 5.29. The maximum Gasteiger partial charge on any atom is 0.0952 e. The van der Waals surface area contributed by atoms with Crippen molar-refractivity contribution in [2.24, 2.45) is 4.99 Å². The lowest BCUT2D eigenvalue weighted by Gasteiger charge is -2.34. The Morgan fingerprint density at radius 3 is 2.03 bits per heavy atom. The van der Waals surface area contributed by atoms with E-state index < -0.39 is 0 Å². The summed E-state index contributed by atoms with van der Waals surface area (Å²) in [7, 11) is 0. The van der Waals surface area contributed by atoms with Gasteiger partial charge >= 0.3 is 0 Å². The van der Waals surface area contributed by atoms with E-state index in [0.29, 0.717) is 0 Å². The van der Waals surface area contributed by atoms with E-state index in [1.807, 2.05) is 12.1 Å². The van der Waals surface area contributed by atoms with Crippen LogP contribution in [0.1, 0.15) is 36.6 Å². The fourth-order valence-corrected chi connectivity index (χ4v) is 3.88. The molecule has 1 aliphatic heterocycles. The van der Waals surface area contributed by atoms with Gasteiger partial charge in [0.15, 0.2) is 0 Å². The normalized spacial score (nSPS) is 17.1. The minimum absolute atomic E-state index is 0.124. The predicted octanol–water partition coefficient (Wildman–Crippen LogP) is 5.84. The average molecular weight is 398 g/mol. The first-order valence-electron chi connectivity index (χ1n) is 10.6.